The van der Waals surface area contributed by atoms with E-state index in [-0.39, 0.29) is 29.5 Å². The molecule has 1 aromatic heterocycles. The third kappa shape index (κ3) is 9.20. The predicted octanol–water partition coefficient (Wildman–Crippen LogP) is 6.18. The normalized spacial score (nSPS) is 15.3. The van der Waals surface area contributed by atoms with Crippen LogP contribution in [0.4, 0.5) is 5.82 Å². The first-order chi connectivity index (χ1) is 19.9. The van der Waals surface area contributed by atoms with Crippen LogP contribution in [0, 0.1) is 0 Å². The van der Waals surface area contributed by atoms with Gasteiger partial charge in [-0.15, -0.1) is 0 Å². The Morgan fingerprint density at radius 2 is 1.71 bits per heavy atom. The number of carbonyl (C=O) groups is 2. The van der Waals surface area contributed by atoms with E-state index < -0.39 is 0 Å². The quantitative estimate of drug-likeness (QED) is 0.110. The highest BCUT2D eigenvalue weighted by Gasteiger charge is 2.28. The molecule has 7 nitrogen and oxygen atoms in total. The maximum Gasteiger partial charge on any atom is 0.230 e. The van der Waals surface area contributed by atoms with Crippen molar-refractivity contribution in [3.8, 4) is 0 Å². The van der Waals surface area contributed by atoms with Crippen LogP contribution in [0.2, 0.25) is 5.15 Å². The van der Waals surface area contributed by atoms with Crippen LogP contribution < -0.4 is 10.2 Å². The first-order valence-electron chi connectivity index (χ1n) is 14.5. The number of piperazine rings is 1. The van der Waals surface area contributed by atoms with Crippen LogP contribution in [0.15, 0.2) is 71.9 Å². The molecule has 218 valence electrons. The zero-order valence-electron chi connectivity index (χ0n) is 24.0. The first-order valence-corrected chi connectivity index (χ1v) is 15.9. The number of benzene rings is 2. The third-order valence-corrected chi connectivity index (χ3v) is 8.46. The lowest BCUT2D eigenvalue weighted by molar-refractivity contribution is -0.133. The van der Waals surface area contributed by atoms with Crippen LogP contribution in [-0.4, -0.2) is 64.7 Å². The molecule has 1 aliphatic heterocycles. The Morgan fingerprint density at radius 3 is 2.34 bits per heavy atom. The molecule has 0 radical (unpaired) electrons. The summed E-state index contributed by atoms with van der Waals surface area (Å²) in [5, 5.41) is 3.88. The molecule has 9 heteroatoms. The zero-order chi connectivity index (χ0) is 29.0. The van der Waals surface area contributed by atoms with Crippen molar-refractivity contribution in [1.82, 2.24) is 20.2 Å². The highest BCUT2D eigenvalue weighted by Crippen LogP contribution is 2.28. The average molecular weight is 594 g/mol. The molecule has 41 heavy (non-hydrogen) atoms. The van der Waals surface area contributed by atoms with Gasteiger partial charge in [0.2, 0.25) is 11.8 Å². The summed E-state index contributed by atoms with van der Waals surface area (Å²) in [4.78, 5) is 38.5. The Labute approximate surface area is 253 Å². The van der Waals surface area contributed by atoms with E-state index in [1.165, 1.54) is 22.9 Å². The number of unbranched alkanes of at least 4 members (excludes halogenated alkanes) is 2. The minimum Gasteiger partial charge on any atom is -0.355 e. The van der Waals surface area contributed by atoms with Crippen LogP contribution in [0.1, 0.15) is 63.0 Å². The van der Waals surface area contributed by atoms with Crippen molar-refractivity contribution in [1.29, 1.82) is 0 Å². The number of anilines is 1. The van der Waals surface area contributed by atoms with Gasteiger partial charge in [-0.25, -0.2) is 9.97 Å². The van der Waals surface area contributed by atoms with Crippen molar-refractivity contribution >= 4 is 41.0 Å². The van der Waals surface area contributed by atoms with Gasteiger partial charge in [0.05, 0.1) is 5.75 Å². The Morgan fingerprint density at radius 1 is 1.02 bits per heavy atom. The molecule has 0 bridgehead atoms. The van der Waals surface area contributed by atoms with Crippen molar-refractivity contribution < 1.29 is 9.59 Å². The van der Waals surface area contributed by atoms with Gasteiger partial charge in [0.15, 0.2) is 5.16 Å². The summed E-state index contributed by atoms with van der Waals surface area (Å²) < 4.78 is 0. The number of nitrogens with zero attached hydrogens (tertiary/aromatic N) is 4. The Kier molecular flexibility index (Phi) is 11.9. The van der Waals surface area contributed by atoms with Crippen LogP contribution >= 0.6 is 23.4 Å². The van der Waals surface area contributed by atoms with E-state index in [4.69, 9.17) is 16.6 Å². The monoisotopic (exact) mass is 593 g/mol. The summed E-state index contributed by atoms with van der Waals surface area (Å²) in [7, 11) is 0. The fourth-order valence-corrected chi connectivity index (χ4v) is 6.16. The van der Waals surface area contributed by atoms with Crippen LogP contribution in [-0.2, 0) is 9.59 Å². The lowest BCUT2D eigenvalue weighted by Crippen LogP contribution is -2.54. The van der Waals surface area contributed by atoms with Crippen molar-refractivity contribution in [3.63, 3.8) is 0 Å². The number of rotatable bonds is 13. The standard InChI is InChI=1S/C32H40ClN5O2S/c1-3-4-7-16-31(40)38-20-19-37(22-24(38)2)29-21-28(33)35-32(36-29)41-23-30(39)34-18-17-27(25-12-8-5-9-13-25)26-14-10-6-11-15-26/h5-6,8-15,21,24,27H,3-4,7,16-20,22-23H2,1-2H3,(H,34,39). The van der Waals surface area contributed by atoms with Crippen molar-refractivity contribution in [2.24, 2.45) is 0 Å². The molecular formula is C32H40ClN5O2S. The second-order valence-corrected chi connectivity index (χ2v) is 11.8. The molecular weight excluding hydrogens is 554 g/mol. The van der Waals surface area contributed by atoms with Crippen LogP contribution in [0.5, 0.6) is 0 Å². The second-order valence-electron chi connectivity index (χ2n) is 10.5. The van der Waals surface area contributed by atoms with Gasteiger partial charge in [-0.2, -0.15) is 0 Å². The van der Waals surface area contributed by atoms with Gasteiger partial charge >= 0.3 is 0 Å². The van der Waals surface area contributed by atoms with E-state index >= 15 is 0 Å². The molecule has 2 aromatic carbocycles. The zero-order valence-corrected chi connectivity index (χ0v) is 25.5. The van der Waals surface area contributed by atoms with Gasteiger partial charge in [-0.05, 0) is 30.9 Å². The number of hydrogen-bond donors (Lipinski definition) is 1. The van der Waals surface area contributed by atoms with Gasteiger partial charge in [-0.3, -0.25) is 9.59 Å². The summed E-state index contributed by atoms with van der Waals surface area (Å²) in [6, 6.07) is 22.6. The lowest BCUT2D eigenvalue weighted by atomic mass is 9.88. The minimum absolute atomic E-state index is 0.0659. The molecule has 0 saturated carbocycles. The SMILES string of the molecule is CCCCCC(=O)N1CCN(c2cc(Cl)nc(SCC(=O)NCCC(c3ccccc3)c3ccccc3)n2)CC1C. The number of nitrogens with one attached hydrogen (secondary N) is 1. The maximum atomic E-state index is 12.7. The molecule has 0 aliphatic carbocycles. The van der Waals surface area contributed by atoms with Gasteiger partial charge in [0.25, 0.3) is 0 Å². The summed E-state index contributed by atoms with van der Waals surface area (Å²) in [6.45, 7) is 6.81. The Balaban J connectivity index is 1.28. The molecule has 1 fully saturated rings. The molecule has 4 rings (SSSR count). The summed E-state index contributed by atoms with van der Waals surface area (Å²) in [5.74, 6) is 1.30. The Hall–Kier alpha value is -3.10. The molecule has 1 saturated heterocycles. The summed E-state index contributed by atoms with van der Waals surface area (Å²) >= 11 is 7.63. The fourth-order valence-electron chi connectivity index (χ4n) is 5.25. The molecule has 1 aliphatic rings. The Bertz CT molecular complexity index is 1220. The van der Waals surface area contributed by atoms with Crippen molar-refractivity contribution in [2.75, 3.05) is 36.8 Å². The number of hydrogen-bond acceptors (Lipinski definition) is 6. The molecule has 0 spiro atoms. The highest BCUT2D eigenvalue weighted by atomic mass is 35.5. The number of halogens is 1. The topological polar surface area (TPSA) is 78.4 Å². The number of amides is 2. The van der Waals surface area contributed by atoms with E-state index in [1.807, 2.05) is 17.0 Å². The first kappa shape index (κ1) is 30.8. The predicted molar refractivity (Wildman–Crippen MR) is 168 cm³/mol. The van der Waals surface area contributed by atoms with Gasteiger partial charge in [0.1, 0.15) is 11.0 Å². The van der Waals surface area contributed by atoms with E-state index in [1.54, 1.807) is 6.07 Å². The number of aromatic nitrogens is 2. The third-order valence-electron chi connectivity index (χ3n) is 7.42. The number of thioether (sulfide) groups is 1. The number of carbonyl (C=O) groups excluding carboxylic acids is 2. The molecule has 1 unspecified atom stereocenters. The molecule has 1 atom stereocenters. The van der Waals surface area contributed by atoms with Crippen molar-refractivity contribution in [2.45, 2.75) is 63.1 Å². The van der Waals surface area contributed by atoms with Gasteiger partial charge in [-0.1, -0.05) is 104 Å². The second kappa shape index (κ2) is 15.8. The van der Waals surface area contributed by atoms with Crippen LogP contribution in [0.3, 0.4) is 0 Å². The molecule has 1 N–H and O–H groups in total. The summed E-state index contributed by atoms with van der Waals surface area (Å²) in [5.41, 5.74) is 2.47. The van der Waals surface area contributed by atoms with E-state index in [9.17, 15) is 9.59 Å². The molecule has 2 heterocycles. The van der Waals surface area contributed by atoms with Gasteiger partial charge < -0.3 is 15.1 Å². The largest absolute Gasteiger partial charge is 0.355 e. The highest BCUT2D eigenvalue weighted by molar-refractivity contribution is 7.99. The van der Waals surface area contributed by atoms with Gasteiger partial charge in [0, 0.05) is 50.6 Å². The summed E-state index contributed by atoms with van der Waals surface area (Å²) in [6.07, 6.45) is 4.54. The van der Waals surface area contributed by atoms with E-state index in [0.717, 1.165) is 31.5 Å². The smallest absolute Gasteiger partial charge is 0.230 e. The van der Waals surface area contributed by atoms with E-state index in [0.29, 0.717) is 42.9 Å². The molecule has 3 aromatic rings. The van der Waals surface area contributed by atoms with E-state index in [2.05, 4.69) is 77.6 Å². The lowest BCUT2D eigenvalue weighted by Gasteiger charge is -2.40. The minimum atomic E-state index is -0.0659. The molecule has 2 amide bonds. The fraction of sp³-hybridized carbons (Fsp3) is 0.438. The van der Waals surface area contributed by atoms with Crippen LogP contribution in [0.25, 0.3) is 0 Å². The average Bonchev–Trinajstić information content (AvgIpc) is 2.99. The van der Waals surface area contributed by atoms with Crippen molar-refractivity contribution in [3.05, 3.63) is 83.0 Å². The maximum absolute atomic E-state index is 12.7.